The number of aromatic amines is 1. The Morgan fingerprint density at radius 2 is 2.21 bits per heavy atom. The molecule has 0 fully saturated rings. The van der Waals surface area contributed by atoms with Crippen molar-refractivity contribution < 1.29 is 4.79 Å². The van der Waals surface area contributed by atoms with Crippen LogP contribution in [0.4, 0.5) is 5.82 Å². The Hall–Kier alpha value is -1.76. The molecule has 0 aliphatic rings. The monoisotopic (exact) mass is 279 g/mol. The minimum Gasteiger partial charge on any atom is -0.304 e. The zero-order valence-corrected chi connectivity index (χ0v) is 12.3. The Balaban J connectivity index is 2.14. The van der Waals surface area contributed by atoms with Gasteiger partial charge in [-0.25, -0.2) is 0 Å². The van der Waals surface area contributed by atoms with Crippen LogP contribution in [0.1, 0.15) is 48.8 Å². The molecule has 0 unspecified atom stereocenters. The number of carbonyl (C=O) groups excluding carboxylic acids is 1. The number of anilines is 1. The van der Waals surface area contributed by atoms with Crippen LogP contribution in [0.15, 0.2) is 6.07 Å². The molecule has 0 aromatic carbocycles. The molecule has 2 N–H and O–H groups in total. The van der Waals surface area contributed by atoms with Gasteiger partial charge in [-0.05, 0) is 18.0 Å². The second-order valence-corrected chi connectivity index (χ2v) is 6.03. The van der Waals surface area contributed by atoms with Gasteiger partial charge in [0, 0.05) is 17.2 Å². The highest BCUT2D eigenvalue weighted by Crippen LogP contribution is 2.22. The number of H-pyrrole nitrogens is 1. The largest absolute Gasteiger partial charge is 0.304 e. The molecule has 0 bridgehead atoms. The van der Waals surface area contributed by atoms with E-state index in [-0.39, 0.29) is 11.3 Å². The minimum absolute atomic E-state index is 0.0312. The van der Waals surface area contributed by atoms with Crippen LogP contribution in [0.3, 0.4) is 0 Å². The third kappa shape index (κ3) is 2.98. The van der Waals surface area contributed by atoms with Crippen LogP contribution in [0, 0.1) is 0 Å². The Bertz CT molecular complexity index is 581. The number of carbonyl (C=O) groups is 1. The van der Waals surface area contributed by atoms with Crippen molar-refractivity contribution in [3.05, 3.63) is 22.3 Å². The number of aromatic nitrogens is 4. The molecule has 0 atom stereocenters. The van der Waals surface area contributed by atoms with E-state index in [2.05, 4.69) is 45.9 Å². The van der Waals surface area contributed by atoms with E-state index in [1.54, 1.807) is 0 Å². The topological polar surface area (TPSA) is 83.6 Å². The molecule has 0 saturated heterocycles. The maximum atomic E-state index is 12.1. The summed E-state index contributed by atoms with van der Waals surface area (Å²) in [6.07, 6.45) is 0.688. The summed E-state index contributed by atoms with van der Waals surface area (Å²) in [6, 6.07) is 1.85. The maximum absolute atomic E-state index is 12.1. The lowest BCUT2D eigenvalue weighted by molar-refractivity contribution is 0.102. The zero-order chi connectivity index (χ0) is 14.0. The first-order valence-corrected chi connectivity index (χ1v) is 6.87. The van der Waals surface area contributed by atoms with Gasteiger partial charge in [0.15, 0.2) is 5.82 Å². The van der Waals surface area contributed by atoms with Gasteiger partial charge in [-0.1, -0.05) is 32.2 Å². The number of hydrogen-bond donors (Lipinski definition) is 2. The fourth-order valence-corrected chi connectivity index (χ4v) is 2.20. The number of nitrogens with zero attached hydrogens (tertiary/aromatic N) is 3. The standard InChI is InChI=1S/C12H17N5OS/c1-5-7-10(19-17-14-7)11(18)13-9-6-8(15-16-9)12(2,3)4/h6H,5H2,1-4H3,(H2,13,15,16,18). The second-order valence-electron chi connectivity index (χ2n) is 5.27. The number of hydrogen-bond acceptors (Lipinski definition) is 5. The van der Waals surface area contributed by atoms with Gasteiger partial charge < -0.3 is 5.32 Å². The molecule has 2 heterocycles. The SMILES string of the molecule is CCc1nnsc1C(=O)Nc1cc(C(C)(C)C)[nH]n1. The molecule has 0 radical (unpaired) electrons. The quantitative estimate of drug-likeness (QED) is 0.903. The van der Waals surface area contributed by atoms with Crippen molar-refractivity contribution in [2.75, 3.05) is 5.32 Å². The van der Waals surface area contributed by atoms with E-state index in [4.69, 9.17) is 0 Å². The molecule has 1 amide bonds. The number of amides is 1. The van der Waals surface area contributed by atoms with Crippen LogP contribution < -0.4 is 5.32 Å². The first-order valence-electron chi connectivity index (χ1n) is 6.10. The molecule has 0 aliphatic carbocycles. The van der Waals surface area contributed by atoms with Crippen molar-refractivity contribution in [1.29, 1.82) is 0 Å². The first kappa shape index (κ1) is 13.7. The fourth-order valence-electron chi connectivity index (χ4n) is 1.56. The lowest BCUT2D eigenvalue weighted by atomic mass is 9.92. The first-order chi connectivity index (χ1) is 8.91. The molecule has 6 nitrogen and oxygen atoms in total. The summed E-state index contributed by atoms with van der Waals surface area (Å²) in [5.41, 5.74) is 1.66. The van der Waals surface area contributed by atoms with Gasteiger partial charge in [0.05, 0.1) is 5.69 Å². The molecular weight excluding hydrogens is 262 g/mol. The summed E-state index contributed by atoms with van der Waals surface area (Å²) in [6.45, 7) is 8.18. The third-order valence-electron chi connectivity index (χ3n) is 2.72. The molecule has 0 saturated carbocycles. The lowest BCUT2D eigenvalue weighted by Gasteiger charge is -2.14. The lowest BCUT2D eigenvalue weighted by Crippen LogP contribution is -2.13. The Labute approximate surface area is 115 Å². The molecule has 2 rings (SSSR count). The number of aryl methyl sites for hydroxylation is 1. The van der Waals surface area contributed by atoms with Gasteiger partial charge in [-0.3, -0.25) is 9.89 Å². The molecule has 0 spiro atoms. The van der Waals surface area contributed by atoms with Gasteiger partial charge in [0.2, 0.25) is 0 Å². The Morgan fingerprint density at radius 3 is 2.79 bits per heavy atom. The minimum atomic E-state index is -0.209. The average Bonchev–Trinajstić information content (AvgIpc) is 2.95. The van der Waals surface area contributed by atoms with E-state index in [9.17, 15) is 4.79 Å². The van der Waals surface area contributed by atoms with E-state index in [0.29, 0.717) is 22.8 Å². The van der Waals surface area contributed by atoms with Gasteiger partial charge in [0.25, 0.3) is 5.91 Å². The Morgan fingerprint density at radius 1 is 1.47 bits per heavy atom. The predicted octanol–water partition coefficient (Wildman–Crippen LogP) is 2.37. The summed E-state index contributed by atoms with van der Waals surface area (Å²) < 4.78 is 3.80. The molecule has 0 aliphatic heterocycles. The van der Waals surface area contributed by atoms with E-state index in [0.717, 1.165) is 17.2 Å². The highest BCUT2D eigenvalue weighted by molar-refractivity contribution is 7.08. The van der Waals surface area contributed by atoms with Crippen molar-refractivity contribution >= 4 is 23.3 Å². The predicted molar refractivity (Wildman–Crippen MR) is 74.5 cm³/mol. The number of nitrogens with one attached hydrogen (secondary N) is 2. The van der Waals surface area contributed by atoms with E-state index >= 15 is 0 Å². The molecule has 2 aromatic heterocycles. The molecule has 102 valence electrons. The maximum Gasteiger partial charge on any atom is 0.270 e. The summed E-state index contributed by atoms with van der Waals surface area (Å²) >= 11 is 1.10. The van der Waals surface area contributed by atoms with Crippen LogP contribution in [-0.2, 0) is 11.8 Å². The van der Waals surface area contributed by atoms with Crippen molar-refractivity contribution in [2.24, 2.45) is 0 Å². The van der Waals surface area contributed by atoms with E-state index in [1.165, 1.54) is 0 Å². The normalized spacial score (nSPS) is 11.6. The summed E-state index contributed by atoms with van der Waals surface area (Å²) in [7, 11) is 0. The summed E-state index contributed by atoms with van der Waals surface area (Å²) in [5.74, 6) is 0.309. The van der Waals surface area contributed by atoms with Crippen LogP contribution in [0.25, 0.3) is 0 Å². The summed E-state index contributed by atoms with van der Waals surface area (Å²) in [5, 5.41) is 13.7. The van der Waals surface area contributed by atoms with Crippen molar-refractivity contribution in [2.45, 2.75) is 39.5 Å². The van der Waals surface area contributed by atoms with Gasteiger partial charge in [-0.15, -0.1) is 5.10 Å². The van der Waals surface area contributed by atoms with E-state index < -0.39 is 0 Å². The van der Waals surface area contributed by atoms with Crippen molar-refractivity contribution in [3.8, 4) is 0 Å². The van der Waals surface area contributed by atoms with Crippen molar-refractivity contribution in [1.82, 2.24) is 19.8 Å². The third-order valence-corrected chi connectivity index (χ3v) is 3.49. The molecule has 7 heteroatoms. The van der Waals surface area contributed by atoms with Gasteiger partial charge >= 0.3 is 0 Å². The molecular formula is C12H17N5OS. The number of rotatable bonds is 3. The summed E-state index contributed by atoms with van der Waals surface area (Å²) in [4.78, 5) is 12.6. The van der Waals surface area contributed by atoms with Crippen LogP contribution in [0.5, 0.6) is 0 Å². The average molecular weight is 279 g/mol. The van der Waals surface area contributed by atoms with Crippen LogP contribution in [0.2, 0.25) is 0 Å². The molecule has 2 aromatic rings. The van der Waals surface area contributed by atoms with Gasteiger partial charge in [-0.2, -0.15) is 5.10 Å². The highest BCUT2D eigenvalue weighted by Gasteiger charge is 2.19. The molecule has 19 heavy (non-hydrogen) atoms. The highest BCUT2D eigenvalue weighted by atomic mass is 32.1. The second kappa shape index (κ2) is 5.08. The van der Waals surface area contributed by atoms with Crippen molar-refractivity contribution in [3.63, 3.8) is 0 Å². The van der Waals surface area contributed by atoms with Gasteiger partial charge in [0.1, 0.15) is 4.88 Å². The smallest absolute Gasteiger partial charge is 0.270 e. The van der Waals surface area contributed by atoms with Crippen LogP contribution in [-0.4, -0.2) is 25.7 Å². The van der Waals surface area contributed by atoms with Crippen LogP contribution >= 0.6 is 11.5 Å². The fraction of sp³-hybridized carbons (Fsp3) is 0.500. The Kier molecular flexibility index (Phi) is 3.66. The zero-order valence-electron chi connectivity index (χ0n) is 11.4. The van der Waals surface area contributed by atoms with E-state index in [1.807, 2.05) is 13.0 Å².